The highest BCUT2D eigenvalue weighted by Gasteiger charge is 2.34. The number of amides is 2. The lowest BCUT2D eigenvalue weighted by atomic mass is 10.2. The maximum absolute atomic E-state index is 12.7. The number of rotatable bonds is 9. The van der Waals surface area contributed by atoms with Gasteiger partial charge in [0.1, 0.15) is 11.4 Å². The second kappa shape index (κ2) is 9.75. The van der Waals surface area contributed by atoms with Gasteiger partial charge in [0.25, 0.3) is 5.91 Å². The van der Waals surface area contributed by atoms with Crippen LogP contribution < -0.4 is 15.4 Å². The number of ether oxygens (including phenoxy) is 2. The Morgan fingerprint density at radius 3 is 2.61 bits per heavy atom. The number of methoxy groups -OCH3 is 2. The minimum atomic E-state index is -0.643. The Morgan fingerprint density at radius 1 is 1.25 bits per heavy atom. The molecule has 0 saturated carbocycles. The van der Waals surface area contributed by atoms with Gasteiger partial charge in [-0.2, -0.15) is 0 Å². The third-order valence-corrected chi connectivity index (χ3v) is 4.19. The molecular weight excluding hydrogens is 366 g/mol. The highest BCUT2D eigenvalue weighted by molar-refractivity contribution is 6.09. The quantitative estimate of drug-likeness (QED) is 0.540. The Morgan fingerprint density at radius 2 is 2.00 bits per heavy atom. The fourth-order valence-electron chi connectivity index (χ4n) is 2.79. The van der Waals surface area contributed by atoms with Crippen LogP contribution in [0.4, 0.5) is 11.4 Å². The fraction of sp³-hybridized carbons (Fsp3) is 0.421. The monoisotopic (exact) mass is 391 g/mol. The zero-order valence-electron chi connectivity index (χ0n) is 16.2. The predicted molar refractivity (Wildman–Crippen MR) is 103 cm³/mol. The maximum Gasteiger partial charge on any atom is 0.337 e. The topological polar surface area (TPSA) is 117 Å². The molecular formula is C19H25N3O6. The molecule has 2 amide bonds. The van der Waals surface area contributed by atoms with Crippen LogP contribution in [0.1, 0.15) is 19.8 Å². The molecule has 1 heterocycles. The number of benzene rings is 1. The van der Waals surface area contributed by atoms with E-state index in [1.807, 2.05) is 6.92 Å². The van der Waals surface area contributed by atoms with E-state index in [1.165, 1.54) is 19.1 Å². The number of esters is 1. The van der Waals surface area contributed by atoms with Crippen LogP contribution in [0, 0.1) is 0 Å². The molecule has 0 saturated heterocycles. The molecule has 0 aliphatic carbocycles. The normalized spacial score (nSPS) is 13.6. The van der Waals surface area contributed by atoms with Gasteiger partial charge >= 0.3 is 5.97 Å². The van der Waals surface area contributed by atoms with Crippen LogP contribution in [0.15, 0.2) is 29.5 Å². The lowest BCUT2D eigenvalue weighted by Gasteiger charge is -2.17. The molecule has 1 aromatic carbocycles. The number of aliphatic hydroxyl groups excluding tert-OH is 1. The molecule has 0 spiro atoms. The summed E-state index contributed by atoms with van der Waals surface area (Å²) in [4.78, 5) is 38.2. The first-order chi connectivity index (χ1) is 13.4. The summed E-state index contributed by atoms with van der Waals surface area (Å²) in [5, 5.41) is 14.9. The highest BCUT2D eigenvalue weighted by Crippen LogP contribution is 2.31. The number of nitrogens with zero attached hydrogens (tertiary/aromatic N) is 1. The van der Waals surface area contributed by atoms with E-state index >= 15 is 0 Å². The van der Waals surface area contributed by atoms with Crippen LogP contribution in [0.5, 0.6) is 5.75 Å². The number of β-amino-alcohol motifs (C(OH)–C–C–N with tert-alkyl or cyclic N) is 1. The van der Waals surface area contributed by atoms with E-state index in [1.54, 1.807) is 18.2 Å². The summed E-state index contributed by atoms with van der Waals surface area (Å²) in [6, 6.07) is 4.94. The summed E-state index contributed by atoms with van der Waals surface area (Å²) < 4.78 is 10.00. The van der Waals surface area contributed by atoms with Crippen molar-refractivity contribution in [2.45, 2.75) is 19.8 Å². The molecule has 1 aliphatic heterocycles. The molecule has 1 aromatic rings. The number of hydrogen-bond acceptors (Lipinski definition) is 7. The van der Waals surface area contributed by atoms with Crippen molar-refractivity contribution < 1.29 is 29.0 Å². The first-order valence-corrected chi connectivity index (χ1v) is 8.91. The molecule has 3 N–H and O–H groups in total. The number of anilines is 2. The van der Waals surface area contributed by atoms with E-state index in [2.05, 4.69) is 10.6 Å². The van der Waals surface area contributed by atoms with Gasteiger partial charge in [-0.3, -0.25) is 9.59 Å². The zero-order chi connectivity index (χ0) is 20.7. The lowest BCUT2D eigenvalue weighted by Crippen LogP contribution is -2.31. The summed E-state index contributed by atoms with van der Waals surface area (Å²) in [7, 11) is 2.73. The van der Waals surface area contributed by atoms with Crippen molar-refractivity contribution in [3.8, 4) is 5.75 Å². The van der Waals surface area contributed by atoms with E-state index in [9.17, 15) is 14.4 Å². The summed E-state index contributed by atoms with van der Waals surface area (Å²) in [6.45, 7) is 1.77. The van der Waals surface area contributed by atoms with E-state index in [4.69, 9.17) is 14.6 Å². The van der Waals surface area contributed by atoms with Crippen molar-refractivity contribution in [1.82, 2.24) is 4.90 Å². The third-order valence-electron chi connectivity index (χ3n) is 4.19. The number of nitrogens with one attached hydrogen (secondary N) is 2. The van der Waals surface area contributed by atoms with E-state index < -0.39 is 11.9 Å². The molecule has 9 heteroatoms. The summed E-state index contributed by atoms with van der Waals surface area (Å²) in [5.74, 6) is -0.745. The van der Waals surface area contributed by atoms with Gasteiger partial charge in [-0.15, -0.1) is 0 Å². The average molecular weight is 391 g/mol. The van der Waals surface area contributed by atoms with Crippen LogP contribution in [0.3, 0.4) is 0 Å². The van der Waals surface area contributed by atoms with Crippen LogP contribution in [-0.4, -0.2) is 61.7 Å². The zero-order valence-corrected chi connectivity index (χ0v) is 16.2. The van der Waals surface area contributed by atoms with Crippen molar-refractivity contribution in [1.29, 1.82) is 0 Å². The molecule has 152 valence electrons. The van der Waals surface area contributed by atoms with Crippen molar-refractivity contribution in [3.05, 3.63) is 29.5 Å². The van der Waals surface area contributed by atoms with E-state index in [0.717, 1.165) is 0 Å². The number of carbonyl (C=O) groups is 3. The number of carbonyl (C=O) groups excluding carboxylic acids is 3. The molecule has 0 atom stereocenters. The molecule has 1 aliphatic rings. The Bertz CT molecular complexity index is 790. The first-order valence-electron chi connectivity index (χ1n) is 8.91. The van der Waals surface area contributed by atoms with Gasteiger partial charge in [-0.1, -0.05) is 6.92 Å². The second-order valence-electron chi connectivity index (χ2n) is 6.13. The Kier molecular flexibility index (Phi) is 7.39. The van der Waals surface area contributed by atoms with Gasteiger partial charge in [0, 0.05) is 19.0 Å². The van der Waals surface area contributed by atoms with Crippen LogP contribution in [0.25, 0.3) is 0 Å². The average Bonchev–Trinajstić information content (AvgIpc) is 2.99. The minimum absolute atomic E-state index is 0.0237. The molecule has 0 fully saturated rings. The predicted octanol–water partition coefficient (Wildman–Crippen LogP) is 1.11. The van der Waals surface area contributed by atoms with E-state index in [0.29, 0.717) is 30.0 Å². The van der Waals surface area contributed by atoms with Gasteiger partial charge in [-0.25, -0.2) is 4.79 Å². The first kappa shape index (κ1) is 21.2. The van der Waals surface area contributed by atoms with Crippen LogP contribution >= 0.6 is 0 Å². The van der Waals surface area contributed by atoms with Gasteiger partial charge in [0.05, 0.1) is 44.3 Å². The van der Waals surface area contributed by atoms with Gasteiger partial charge in [0.15, 0.2) is 0 Å². The van der Waals surface area contributed by atoms with Crippen molar-refractivity contribution in [2.75, 3.05) is 44.5 Å². The Balaban J connectivity index is 2.40. The molecule has 9 nitrogen and oxygen atoms in total. The van der Waals surface area contributed by atoms with Crippen molar-refractivity contribution >= 4 is 29.2 Å². The number of aliphatic hydroxyl groups is 1. The minimum Gasteiger partial charge on any atom is -0.497 e. The standard InChI is InChI=1S/C19H25N3O6/c1-4-5-16(24)20-14-7-6-12(27-2)10-15(14)21-17-13(19(26)28-3)11-22(8-9-23)18(17)25/h6-7,10,21,23H,4-5,8-9,11H2,1-3H3,(H,20,24). The molecule has 0 radical (unpaired) electrons. The van der Waals surface area contributed by atoms with E-state index in [-0.39, 0.29) is 36.9 Å². The maximum atomic E-state index is 12.7. The summed E-state index contributed by atoms with van der Waals surface area (Å²) >= 11 is 0. The fourth-order valence-corrected chi connectivity index (χ4v) is 2.79. The summed E-state index contributed by atoms with van der Waals surface area (Å²) in [5.41, 5.74) is 1.04. The Hall–Kier alpha value is -3.07. The SMILES string of the molecule is CCCC(=O)Nc1ccc(OC)cc1NC1=C(C(=O)OC)CN(CCO)C1=O. The third kappa shape index (κ3) is 4.80. The molecule has 0 bridgehead atoms. The molecule has 0 aromatic heterocycles. The van der Waals surface area contributed by atoms with Gasteiger partial charge < -0.3 is 30.1 Å². The highest BCUT2D eigenvalue weighted by atomic mass is 16.5. The molecule has 2 rings (SSSR count). The van der Waals surface area contributed by atoms with Crippen LogP contribution in [-0.2, 0) is 19.1 Å². The smallest absolute Gasteiger partial charge is 0.337 e. The molecule has 0 unspecified atom stereocenters. The Labute approximate surface area is 163 Å². The van der Waals surface area contributed by atoms with Crippen molar-refractivity contribution in [3.63, 3.8) is 0 Å². The van der Waals surface area contributed by atoms with Gasteiger partial charge in [0.2, 0.25) is 5.91 Å². The van der Waals surface area contributed by atoms with Gasteiger partial charge in [-0.05, 0) is 18.6 Å². The largest absolute Gasteiger partial charge is 0.497 e. The van der Waals surface area contributed by atoms with Crippen molar-refractivity contribution in [2.24, 2.45) is 0 Å². The summed E-state index contributed by atoms with van der Waals surface area (Å²) in [6.07, 6.45) is 1.04. The number of hydrogen-bond donors (Lipinski definition) is 3. The lowest BCUT2D eigenvalue weighted by molar-refractivity contribution is -0.136. The second-order valence-corrected chi connectivity index (χ2v) is 6.13. The molecule has 28 heavy (non-hydrogen) atoms. The van der Waals surface area contributed by atoms with Crippen LogP contribution in [0.2, 0.25) is 0 Å².